The number of nitrogens with one attached hydrogen (secondary N) is 1. The van der Waals surface area contributed by atoms with Gasteiger partial charge in [-0.1, -0.05) is 6.07 Å². The van der Waals surface area contributed by atoms with Crippen LogP contribution in [0.5, 0.6) is 11.6 Å². The standard InChI is InChI=1S/C16H21N3O/c1-12-8-13(10-17-2)11-18-16(12)20-15-7-5-6-14(9-15)19(3)4/h5-9,11,17H,10H2,1-4H3. The van der Waals surface area contributed by atoms with Gasteiger partial charge in [0.2, 0.25) is 5.88 Å². The smallest absolute Gasteiger partial charge is 0.222 e. The third kappa shape index (κ3) is 3.48. The van der Waals surface area contributed by atoms with E-state index in [1.54, 1.807) is 0 Å². The van der Waals surface area contributed by atoms with Crippen molar-refractivity contribution >= 4 is 5.69 Å². The van der Waals surface area contributed by atoms with Crippen molar-refractivity contribution in [1.82, 2.24) is 10.3 Å². The van der Waals surface area contributed by atoms with E-state index in [0.717, 1.165) is 29.1 Å². The quantitative estimate of drug-likeness (QED) is 0.907. The minimum atomic E-state index is 0.653. The summed E-state index contributed by atoms with van der Waals surface area (Å²) in [5.74, 6) is 1.45. The Morgan fingerprint density at radius 2 is 2.05 bits per heavy atom. The fourth-order valence-electron chi connectivity index (χ4n) is 1.96. The van der Waals surface area contributed by atoms with E-state index in [0.29, 0.717) is 5.88 Å². The third-order valence-electron chi connectivity index (χ3n) is 3.02. The third-order valence-corrected chi connectivity index (χ3v) is 3.02. The predicted molar refractivity (Wildman–Crippen MR) is 82.6 cm³/mol. The highest BCUT2D eigenvalue weighted by atomic mass is 16.5. The topological polar surface area (TPSA) is 37.4 Å². The Hall–Kier alpha value is -2.07. The van der Waals surface area contributed by atoms with E-state index < -0.39 is 0 Å². The molecule has 0 fully saturated rings. The number of hydrogen-bond donors (Lipinski definition) is 1. The lowest BCUT2D eigenvalue weighted by Crippen LogP contribution is -2.08. The van der Waals surface area contributed by atoms with Crippen LogP contribution in [0.15, 0.2) is 36.5 Å². The van der Waals surface area contributed by atoms with Crippen molar-refractivity contribution < 1.29 is 4.74 Å². The molecule has 1 aromatic heterocycles. The van der Waals surface area contributed by atoms with Crippen LogP contribution in [-0.2, 0) is 6.54 Å². The van der Waals surface area contributed by atoms with Crippen molar-refractivity contribution in [2.75, 3.05) is 26.0 Å². The van der Waals surface area contributed by atoms with E-state index in [4.69, 9.17) is 4.74 Å². The predicted octanol–water partition coefficient (Wildman–Crippen LogP) is 2.97. The summed E-state index contributed by atoms with van der Waals surface area (Å²) in [5, 5.41) is 3.11. The van der Waals surface area contributed by atoms with Gasteiger partial charge in [-0.05, 0) is 37.7 Å². The molecular formula is C16H21N3O. The maximum atomic E-state index is 5.87. The molecule has 106 valence electrons. The summed E-state index contributed by atoms with van der Waals surface area (Å²) in [6.07, 6.45) is 1.84. The molecule has 1 N–H and O–H groups in total. The molecule has 0 saturated heterocycles. The van der Waals surface area contributed by atoms with E-state index in [2.05, 4.69) is 16.4 Å². The molecule has 4 nitrogen and oxygen atoms in total. The van der Waals surface area contributed by atoms with Crippen molar-refractivity contribution in [3.8, 4) is 11.6 Å². The lowest BCUT2D eigenvalue weighted by Gasteiger charge is -2.14. The lowest BCUT2D eigenvalue weighted by atomic mass is 10.2. The second-order valence-corrected chi connectivity index (χ2v) is 4.99. The van der Waals surface area contributed by atoms with Crippen LogP contribution in [0.4, 0.5) is 5.69 Å². The van der Waals surface area contributed by atoms with Crippen LogP contribution in [0.3, 0.4) is 0 Å². The van der Waals surface area contributed by atoms with Gasteiger partial charge in [0, 0.05) is 44.2 Å². The molecule has 0 amide bonds. The van der Waals surface area contributed by atoms with Crippen LogP contribution in [0.1, 0.15) is 11.1 Å². The summed E-state index contributed by atoms with van der Waals surface area (Å²) < 4.78 is 5.87. The first-order valence-electron chi connectivity index (χ1n) is 6.65. The van der Waals surface area contributed by atoms with Crippen molar-refractivity contribution in [1.29, 1.82) is 0 Å². The Labute approximate surface area is 120 Å². The monoisotopic (exact) mass is 271 g/mol. The fraction of sp³-hybridized carbons (Fsp3) is 0.312. The number of pyridine rings is 1. The first-order valence-corrected chi connectivity index (χ1v) is 6.65. The maximum absolute atomic E-state index is 5.87. The molecule has 2 aromatic rings. The van der Waals surface area contributed by atoms with Gasteiger partial charge in [0.25, 0.3) is 0 Å². The van der Waals surface area contributed by atoms with E-state index in [9.17, 15) is 0 Å². The molecule has 1 aromatic carbocycles. The summed E-state index contributed by atoms with van der Waals surface area (Å²) in [6.45, 7) is 2.82. The summed E-state index contributed by atoms with van der Waals surface area (Å²) in [4.78, 5) is 6.44. The molecule has 0 aliphatic rings. The highest BCUT2D eigenvalue weighted by Gasteiger charge is 2.05. The van der Waals surface area contributed by atoms with Crippen molar-refractivity contribution in [2.45, 2.75) is 13.5 Å². The number of nitrogens with zero attached hydrogens (tertiary/aromatic N) is 2. The average molecular weight is 271 g/mol. The van der Waals surface area contributed by atoms with Crippen molar-refractivity contribution in [3.63, 3.8) is 0 Å². The summed E-state index contributed by atoms with van der Waals surface area (Å²) in [7, 11) is 5.94. The number of hydrogen-bond acceptors (Lipinski definition) is 4. The van der Waals surface area contributed by atoms with E-state index in [1.807, 2.05) is 63.4 Å². The Balaban J connectivity index is 2.19. The largest absolute Gasteiger partial charge is 0.439 e. The van der Waals surface area contributed by atoms with Crippen LogP contribution in [0.2, 0.25) is 0 Å². The molecule has 0 spiro atoms. The Morgan fingerprint density at radius 1 is 1.25 bits per heavy atom. The molecule has 1 heterocycles. The first kappa shape index (κ1) is 14.3. The average Bonchev–Trinajstić information content (AvgIpc) is 2.42. The van der Waals surface area contributed by atoms with Gasteiger partial charge < -0.3 is 15.0 Å². The Bertz CT molecular complexity index is 582. The van der Waals surface area contributed by atoms with Crippen LogP contribution in [0, 0.1) is 6.92 Å². The molecule has 0 aliphatic heterocycles. The van der Waals surface area contributed by atoms with Crippen LogP contribution < -0.4 is 15.0 Å². The van der Waals surface area contributed by atoms with Gasteiger partial charge in [-0.15, -0.1) is 0 Å². The molecule has 2 rings (SSSR count). The van der Waals surface area contributed by atoms with Gasteiger partial charge in [0.15, 0.2) is 0 Å². The summed E-state index contributed by atoms with van der Waals surface area (Å²) in [6, 6.07) is 10.1. The van der Waals surface area contributed by atoms with E-state index >= 15 is 0 Å². The maximum Gasteiger partial charge on any atom is 0.222 e. The van der Waals surface area contributed by atoms with Crippen molar-refractivity contribution in [2.24, 2.45) is 0 Å². The normalized spacial score (nSPS) is 10.4. The molecule has 20 heavy (non-hydrogen) atoms. The van der Waals surface area contributed by atoms with Gasteiger partial charge in [-0.3, -0.25) is 0 Å². The second-order valence-electron chi connectivity index (χ2n) is 4.99. The summed E-state index contributed by atoms with van der Waals surface area (Å²) in [5.41, 5.74) is 3.29. The van der Waals surface area contributed by atoms with Gasteiger partial charge in [0.05, 0.1) is 0 Å². The van der Waals surface area contributed by atoms with Gasteiger partial charge >= 0.3 is 0 Å². The van der Waals surface area contributed by atoms with E-state index in [1.165, 1.54) is 0 Å². The second kappa shape index (κ2) is 6.39. The van der Waals surface area contributed by atoms with Crippen LogP contribution in [0.25, 0.3) is 0 Å². The minimum absolute atomic E-state index is 0.653. The summed E-state index contributed by atoms with van der Waals surface area (Å²) >= 11 is 0. The Kier molecular flexibility index (Phi) is 4.58. The van der Waals surface area contributed by atoms with Gasteiger partial charge in [-0.2, -0.15) is 0 Å². The molecule has 0 bridgehead atoms. The first-order chi connectivity index (χ1) is 9.60. The van der Waals surface area contributed by atoms with Gasteiger partial charge in [0.1, 0.15) is 5.75 Å². The number of ether oxygens (including phenoxy) is 1. The molecule has 0 atom stereocenters. The highest BCUT2D eigenvalue weighted by Crippen LogP contribution is 2.26. The molecule has 0 radical (unpaired) electrons. The molecule has 4 heteroatoms. The van der Waals surface area contributed by atoms with E-state index in [-0.39, 0.29) is 0 Å². The highest BCUT2D eigenvalue weighted by molar-refractivity contribution is 5.50. The molecular weight excluding hydrogens is 250 g/mol. The van der Waals surface area contributed by atoms with Crippen molar-refractivity contribution in [3.05, 3.63) is 47.7 Å². The molecule has 0 saturated carbocycles. The minimum Gasteiger partial charge on any atom is -0.439 e. The zero-order valence-electron chi connectivity index (χ0n) is 12.5. The zero-order chi connectivity index (χ0) is 14.5. The van der Waals surface area contributed by atoms with Crippen LogP contribution in [-0.4, -0.2) is 26.1 Å². The number of aromatic nitrogens is 1. The zero-order valence-corrected chi connectivity index (χ0v) is 12.5. The number of benzene rings is 1. The Morgan fingerprint density at radius 3 is 2.70 bits per heavy atom. The number of anilines is 1. The fourth-order valence-corrected chi connectivity index (χ4v) is 1.96. The SMILES string of the molecule is CNCc1cnc(Oc2cccc(N(C)C)c2)c(C)c1. The van der Waals surface area contributed by atoms with Crippen LogP contribution >= 0.6 is 0 Å². The number of aryl methyl sites for hydroxylation is 1. The lowest BCUT2D eigenvalue weighted by molar-refractivity contribution is 0.458. The number of rotatable bonds is 5. The van der Waals surface area contributed by atoms with Gasteiger partial charge in [-0.25, -0.2) is 4.98 Å². The molecule has 0 unspecified atom stereocenters. The molecule has 0 aliphatic carbocycles.